The summed E-state index contributed by atoms with van der Waals surface area (Å²) in [6.45, 7) is 3.37. The fourth-order valence-electron chi connectivity index (χ4n) is 1.49. The molecule has 0 bridgehead atoms. The summed E-state index contributed by atoms with van der Waals surface area (Å²) in [6, 6.07) is 5.69. The molecule has 0 aromatic heterocycles. The third-order valence-electron chi connectivity index (χ3n) is 2.47. The van der Waals surface area contributed by atoms with Gasteiger partial charge in [-0.2, -0.15) is 0 Å². The van der Waals surface area contributed by atoms with Crippen molar-refractivity contribution < 1.29 is 19.4 Å². The van der Waals surface area contributed by atoms with E-state index in [1.807, 2.05) is 25.1 Å². The Morgan fingerprint density at radius 3 is 2.90 bits per heavy atom. The van der Waals surface area contributed by atoms with Gasteiger partial charge in [0.05, 0.1) is 17.7 Å². The molecule has 20 heavy (non-hydrogen) atoms. The number of hydrogen-bond donors (Lipinski definition) is 2. The summed E-state index contributed by atoms with van der Waals surface area (Å²) in [7, 11) is 0. The van der Waals surface area contributed by atoms with E-state index in [2.05, 4.69) is 21.2 Å². The van der Waals surface area contributed by atoms with Crippen LogP contribution in [0.5, 0.6) is 5.75 Å². The summed E-state index contributed by atoms with van der Waals surface area (Å²) in [6.07, 6.45) is 0.708. The van der Waals surface area contributed by atoms with Gasteiger partial charge in [-0.05, 0) is 47.0 Å². The van der Waals surface area contributed by atoms with Gasteiger partial charge >= 0.3 is 0 Å². The standard InChI is InChI=1S/C14H20BrNO4/c1-11-3-4-13(12(15)9-11)20-10-14(18)16-5-2-7-19-8-6-17/h3-4,9,17H,2,5-8,10H2,1H3,(H,16,18). The number of carbonyl (C=O) groups excluding carboxylic acids is 1. The predicted molar refractivity (Wildman–Crippen MR) is 79.9 cm³/mol. The van der Waals surface area contributed by atoms with Crippen molar-refractivity contribution in [2.45, 2.75) is 13.3 Å². The Kier molecular flexibility index (Phi) is 8.25. The zero-order valence-corrected chi connectivity index (χ0v) is 13.1. The van der Waals surface area contributed by atoms with Crippen LogP contribution in [0.2, 0.25) is 0 Å². The second kappa shape index (κ2) is 9.74. The van der Waals surface area contributed by atoms with Crippen LogP contribution in [0, 0.1) is 6.92 Å². The Morgan fingerprint density at radius 1 is 1.40 bits per heavy atom. The molecule has 0 radical (unpaired) electrons. The first kappa shape index (κ1) is 16.9. The molecule has 1 aromatic rings. The van der Waals surface area contributed by atoms with E-state index in [1.165, 1.54) is 0 Å². The third kappa shape index (κ3) is 6.88. The summed E-state index contributed by atoms with van der Waals surface area (Å²) < 4.78 is 11.3. The highest BCUT2D eigenvalue weighted by atomic mass is 79.9. The minimum atomic E-state index is -0.167. The van der Waals surface area contributed by atoms with Crippen molar-refractivity contribution in [3.8, 4) is 5.75 Å². The molecular weight excluding hydrogens is 326 g/mol. The number of hydrogen-bond acceptors (Lipinski definition) is 4. The van der Waals surface area contributed by atoms with Gasteiger partial charge in [-0.1, -0.05) is 6.07 Å². The van der Waals surface area contributed by atoms with Crippen molar-refractivity contribution in [3.63, 3.8) is 0 Å². The van der Waals surface area contributed by atoms with Crippen LogP contribution in [0.15, 0.2) is 22.7 Å². The van der Waals surface area contributed by atoms with Gasteiger partial charge in [-0.25, -0.2) is 0 Å². The summed E-state index contributed by atoms with van der Waals surface area (Å²) >= 11 is 3.39. The van der Waals surface area contributed by atoms with Crippen molar-refractivity contribution in [2.24, 2.45) is 0 Å². The number of halogens is 1. The number of amides is 1. The molecule has 1 amide bonds. The number of ether oxygens (including phenoxy) is 2. The van der Waals surface area contributed by atoms with E-state index in [1.54, 1.807) is 0 Å². The molecule has 0 heterocycles. The van der Waals surface area contributed by atoms with E-state index in [-0.39, 0.29) is 19.1 Å². The lowest BCUT2D eigenvalue weighted by Gasteiger charge is -2.09. The molecule has 0 spiro atoms. The van der Waals surface area contributed by atoms with Crippen LogP contribution in [0.25, 0.3) is 0 Å². The fraction of sp³-hybridized carbons (Fsp3) is 0.500. The van der Waals surface area contributed by atoms with Gasteiger partial charge in [0, 0.05) is 13.2 Å². The van der Waals surface area contributed by atoms with E-state index < -0.39 is 0 Å². The molecular formula is C14H20BrNO4. The maximum atomic E-state index is 11.6. The monoisotopic (exact) mass is 345 g/mol. The SMILES string of the molecule is Cc1ccc(OCC(=O)NCCCOCCO)c(Br)c1. The number of aliphatic hydroxyl groups excluding tert-OH is 1. The molecule has 1 aromatic carbocycles. The molecule has 0 aliphatic rings. The van der Waals surface area contributed by atoms with E-state index >= 15 is 0 Å². The van der Waals surface area contributed by atoms with Crippen LogP contribution in [0.4, 0.5) is 0 Å². The molecule has 0 fully saturated rings. The molecule has 112 valence electrons. The highest BCUT2D eigenvalue weighted by Crippen LogP contribution is 2.25. The lowest BCUT2D eigenvalue weighted by atomic mass is 10.2. The van der Waals surface area contributed by atoms with Crippen LogP contribution in [0.1, 0.15) is 12.0 Å². The van der Waals surface area contributed by atoms with Crippen molar-refractivity contribution in [1.29, 1.82) is 0 Å². The summed E-state index contributed by atoms with van der Waals surface area (Å²) in [5, 5.41) is 11.3. The molecule has 6 heteroatoms. The Labute approximate surface area is 127 Å². The Bertz CT molecular complexity index is 426. The van der Waals surface area contributed by atoms with Gasteiger partial charge in [0.1, 0.15) is 5.75 Å². The zero-order chi connectivity index (χ0) is 14.8. The molecule has 0 saturated heterocycles. The average Bonchev–Trinajstić information content (AvgIpc) is 2.41. The largest absolute Gasteiger partial charge is 0.483 e. The highest BCUT2D eigenvalue weighted by molar-refractivity contribution is 9.10. The maximum Gasteiger partial charge on any atom is 0.257 e. The molecule has 5 nitrogen and oxygen atoms in total. The minimum absolute atomic E-state index is 0.0147. The zero-order valence-electron chi connectivity index (χ0n) is 11.5. The Morgan fingerprint density at radius 2 is 2.20 bits per heavy atom. The van der Waals surface area contributed by atoms with Gasteiger partial charge in [0.15, 0.2) is 6.61 Å². The molecule has 0 saturated carbocycles. The maximum absolute atomic E-state index is 11.6. The Hall–Kier alpha value is -1.11. The van der Waals surface area contributed by atoms with Gasteiger partial charge in [0.25, 0.3) is 5.91 Å². The van der Waals surface area contributed by atoms with Crippen LogP contribution < -0.4 is 10.1 Å². The first-order valence-corrected chi connectivity index (χ1v) is 7.27. The Balaban J connectivity index is 2.16. The summed E-state index contributed by atoms with van der Waals surface area (Å²) in [5.74, 6) is 0.483. The van der Waals surface area contributed by atoms with Crippen molar-refractivity contribution in [3.05, 3.63) is 28.2 Å². The number of aryl methyl sites for hydroxylation is 1. The number of benzene rings is 1. The first-order valence-electron chi connectivity index (χ1n) is 6.47. The normalized spacial score (nSPS) is 10.3. The topological polar surface area (TPSA) is 67.8 Å². The quantitative estimate of drug-likeness (QED) is 0.668. The van der Waals surface area contributed by atoms with E-state index in [9.17, 15) is 4.79 Å². The van der Waals surface area contributed by atoms with Gasteiger partial charge in [-0.15, -0.1) is 0 Å². The second-order valence-corrected chi connectivity index (χ2v) is 5.12. The van der Waals surface area contributed by atoms with Gasteiger partial charge in [-0.3, -0.25) is 4.79 Å². The number of aliphatic hydroxyl groups is 1. The van der Waals surface area contributed by atoms with E-state index in [4.69, 9.17) is 14.6 Å². The number of carbonyl (C=O) groups is 1. The van der Waals surface area contributed by atoms with Crippen LogP contribution >= 0.6 is 15.9 Å². The van der Waals surface area contributed by atoms with E-state index in [0.717, 1.165) is 10.0 Å². The second-order valence-electron chi connectivity index (χ2n) is 4.26. The lowest BCUT2D eigenvalue weighted by molar-refractivity contribution is -0.123. The van der Waals surface area contributed by atoms with Crippen molar-refractivity contribution in [1.82, 2.24) is 5.32 Å². The summed E-state index contributed by atoms with van der Waals surface area (Å²) in [5.41, 5.74) is 1.12. The van der Waals surface area contributed by atoms with Crippen molar-refractivity contribution >= 4 is 21.8 Å². The molecule has 2 N–H and O–H groups in total. The lowest BCUT2D eigenvalue weighted by Crippen LogP contribution is -2.30. The molecule has 1 rings (SSSR count). The summed E-state index contributed by atoms with van der Waals surface area (Å²) in [4.78, 5) is 11.6. The van der Waals surface area contributed by atoms with Crippen molar-refractivity contribution in [2.75, 3.05) is 33.0 Å². The van der Waals surface area contributed by atoms with Crippen LogP contribution in [-0.2, 0) is 9.53 Å². The van der Waals surface area contributed by atoms with Crippen LogP contribution in [0.3, 0.4) is 0 Å². The first-order chi connectivity index (χ1) is 9.63. The highest BCUT2D eigenvalue weighted by Gasteiger charge is 2.05. The molecule has 0 aliphatic carbocycles. The fourth-order valence-corrected chi connectivity index (χ4v) is 2.09. The number of nitrogens with one attached hydrogen (secondary N) is 1. The average molecular weight is 346 g/mol. The smallest absolute Gasteiger partial charge is 0.257 e. The molecule has 0 aliphatic heterocycles. The predicted octanol–water partition coefficient (Wildman–Crippen LogP) is 1.65. The van der Waals surface area contributed by atoms with Gasteiger partial charge in [0.2, 0.25) is 0 Å². The number of rotatable bonds is 9. The molecule has 0 atom stereocenters. The van der Waals surface area contributed by atoms with Gasteiger partial charge < -0.3 is 19.9 Å². The molecule has 0 unspecified atom stereocenters. The van der Waals surface area contributed by atoms with E-state index in [0.29, 0.717) is 31.9 Å². The third-order valence-corrected chi connectivity index (χ3v) is 3.09. The van der Waals surface area contributed by atoms with Crippen LogP contribution in [-0.4, -0.2) is 44.0 Å². The minimum Gasteiger partial charge on any atom is -0.483 e.